The van der Waals surface area contributed by atoms with E-state index in [2.05, 4.69) is 36.7 Å². The van der Waals surface area contributed by atoms with Crippen molar-refractivity contribution < 1.29 is 4.74 Å². The van der Waals surface area contributed by atoms with Crippen molar-refractivity contribution in [3.05, 3.63) is 29.3 Å². The van der Waals surface area contributed by atoms with E-state index in [1.807, 2.05) is 11.8 Å². The van der Waals surface area contributed by atoms with E-state index in [1.54, 1.807) is 0 Å². The molecule has 1 aromatic rings. The minimum Gasteiger partial charge on any atom is -0.493 e. The molecule has 1 heterocycles. The van der Waals surface area contributed by atoms with Crippen LogP contribution in [0.4, 0.5) is 0 Å². The molecule has 1 fully saturated rings. The van der Waals surface area contributed by atoms with E-state index >= 15 is 0 Å². The second-order valence-corrected chi connectivity index (χ2v) is 7.20. The highest BCUT2D eigenvalue weighted by atomic mass is 32.2. The van der Waals surface area contributed by atoms with Gasteiger partial charge in [-0.25, -0.2) is 0 Å². The lowest BCUT2D eigenvalue weighted by molar-refractivity contribution is 0.351. The first-order valence-electron chi connectivity index (χ1n) is 7.80. The summed E-state index contributed by atoms with van der Waals surface area (Å²) in [7, 11) is 0. The van der Waals surface area contributed by atoms with Crippen LogP contribution in [0.2, 0.25) is 0 Å². The van der Waals surface area contributed by atoms with Gasteiger partial charge >= 0.3 is 0 Å². The second kappa shape index (κ2) is 6.40. The molecule has 3 rings (SSSR count). The molecule has 1 aliphatic carbocycles. The van der Waals surface area contributed by atoms with Crippen molar-refractivity contribution in [3.8, 4) is 5.75 Å². The van der Waals surface area contributed by atoms with Crippen LogP contribution in [0.25, 0.3) is 0 Å². The number of thioether (sulfide) groups is 1. The van der Waals surface area contributed by atoms with E-state index in [4.69, 9.17) is 4.74 Å². The molecule has 1 aromatic carbocycles. The summed E-state index contributed by atoms with van der Waals surface area (Å²) in [5.41, 5.74) is 2.78. The van der Waals surface area contributed by atoms with Crippen LogP contribution < -0.4 is 10.1 Å². The molecule has 3 heteroatoms. The summed E-state index contributed by atoms with van der Waals surface area (Å²) < 4.78 is 5.58. The van der Waals surface area contributed by atoms with Crippen molar-refractivity contribution in [1.82, 2.24) is 5.32 Å². The lowest BCUT2D eigenvalue weighted by Crippen LogP contribution is -2.35. The first-order chi connectivity index (χ1) is 9.76. The van der Waals surface area contributed by atoms with Crippen LogP contribution in [0.1, 0.15) is 49.8 Å². The van der Waals surface area contributed by atoms with Crippen LogP contribution in [0.15, 0.2) is 18.2 Å². The molecular formula is C17H25NOS. The highest BCUT2D eigenvalue weighted by Crippen LogP contribution is 2.30. The fraction of sp³-hybridized carbons (Fsp3) is 0.647. The Morgan fingerprint density at radius 2 is 2.05 bits per heavy atom. The molecule has 0 amide bonds. The smallest absolute Gasteiger partial charge is 0.122 e. The minimum atomic E-state index is 0.441. The quantitative estimate of drug-likeness (QED) is 0.907. The number of benzene rings is 1. The van der Waals surface area contributed by atoms with Gasteiger partial charge in [0.25, 0.3) is 0 Å². The Morgan fingerprint density at radius 1 is 1.25 bits per heavy atom. The zero-order chi connectivity index (χ0) is 13.9. The van der Waals surface area contributed by atoms with Crippen LogP contribution in [0.5, 0.6) is 5.75 Å². The van der Waals surface area contributed by atoms with Crippen molar-refractivity contribution in [2.24, 2.45) is 0 Å². The van der Waals surface area contributed by atoms with E-state index in [0.717, 1.165) is 24.0 Å². The van der Waals surface area contributed by atoms with E-state index in [0.29, 0.717) is 12.1 Å². The van der Waals surface area contributed by atoms with Gasteiger partial charge in [0.1, 0.15) is 5.75 Å². The molecule has 110 valence electrons. The van der Waals surface area contributed by atoms with Crippen LogP contribution in [-0.2, 0) is 6.42 Å². The predicted octanol–water partition coefficient (Wildman–Crippen LogP) is 3.95. The standard InChI is InChI=1S/C17H25NOS/c1-12(18-15-4-6-16(20-2)7-5-15)13-3-8-17-14(11-13)9-10-19-17/h3,8,11-12,15-16,18H,4-7,9-10H2,1-2H3. The lowest BCUT2D eigenvalue weighted by Gasteiger charge is -2.30. The predicted molar refractivity (Wildman–Crippen MR) is 86.8 cm³/mol. The van der Waals surface area contributed by atoms with Gasteiger partial charge in [0.2, 0.25) is 0 Å². The number of nitrogens with one attached hydrogen (secondary N) is 1. The maximum Gasteiger partial charge on any atom is 0.122 e. The maximum atomic E-state index is 5.58. The third-order valence-corrected chi connectivity index (χ3v) is 5.84. The maximum absolute atomic E-state index is 5.58. The Balaban J connectivity index is 1.58. The van der Waals surface area contributed by atoms with Crippen LogP contribution >= 0.6 is 11.8 Å². The van der Waals surface area contributed by atoms with Gasteiger partial charge in [-0.05, 0) is 56.1 Å². The molecule has 1 unspecified atom stereocenters. The summed E-state index contributed by atoms with van der Waals surface area (Å²) in [5.74, 6) is 1.08. The van der Waals surface area contributed by atoms with Gasteiger partial charge in [0, 0.05) is 23.8 Å². The number of fused-ring (bicyclic) bond motifs is 1. The molecule has 0 radical (unpaired) electrons. The van der Waals surface area contributed by atoms with Gasteiger partial charge in [0.05, 0.1) is 6.61 Å². The SMILES string of the molecule is CSC1CCC(NC(C)c2ccc3c(c2)CCO3)CC1. The highest BCUT2D eigenvalue weighted by Gasteiger charge is 2.22. The molecule has 0 aromatic heterocycles. The van der Waals surface area contributed by atoms with Crippen molar-refractivity contribution in [3.63, 3.8) is 0 Å². The number of ether oxygens (including phenoxy) is 1. The Hall–Kier alpha value is -0.670. The van der Waals surface area contributed by atoms with Crippen molar-refractivity contribution in [1.29, 1.82) is 0 Å². The number of hydrogen-bond acceptors (Lipinski definition) is 3. The van der Waals surface area contributed by atoms with Gasteiger partial charge in [-0.3, -0.25) is 0 Å². The summed E-state index contributed by atoms with van der Waals surface area (Å²) in [6, 6.07) is 7.82. The Bertz CT molecular complexity index is 454. The molecular weight excluding hydrogens is 266 g/mol. The van der Waals surface area contributed by atoms with Gasteiger partial charge in [0.15, 0.2) is 0 Å². The molecule has 2 nitrogen and oxygen atoms in total. The summed E-state index contributed by atoms with van der Waals surface area (Å²) in [4.78, 5) is 0. The largest absolute Gasteiger partial charge is 0.493 e. The first-order valence-corrected chi connectivity index (χ1v) is 9.09. The lowest BCUT2D eigenvalue weighted by atomic mass is 9.93. The Kier molecular flexibility index (Phi) is 4.57. The molecule has 1 N–H and O–H groups in total. The molecule has 2 aliphatic rings. The minimum absolute atomic E-state index is 0.441. The normalized spacial score (nSPS) is 26.9. The Morgan fingerprint density at radius 3 is 2.80 bits per heavy atom. The number of hydrogen-bond donors (Lipinski definition) is 1. The second-order valence-electron chi connectivity index (χ2n) is 6.06. The fourth-order valence-electron chi connectivity index (χ4n) is 3.39. The molecule has 0 spiro atoms. The third kappa shape index (κ3) is 3.15. The summed E-state index contributed by atoms with van der Waals surface area (Å²) >= 11 is 2.03. The first kappa shape index (κ1) is 14.3. The van der Waals surface area contributed by atoms with Crippen LogP contribution in [0.3, 0.4) is 0 Å². The van der Waals surface area contributed by atoms with Gasteiger partial charge in [-0.15, -0.1) is 0 Å². The highest BCUT2D eigenvalue weighted by molar-refractivity contribution is 7.99. The molecule has 0 bridgehead atoms. The fourth-order valence-corrected chi connectivity index (χ4v) is 4.13. The van der Waals surface area contributed by atoms with E-state index in [-0.39, 0.29) is 0 Å². The van der Waals surface area contributed by atoms with Gasteiger partial charge in [-0.2, -0.15) is 11.8 Å². The molecule has 1 saturated carbocycles. The van der Waals surface area contributed by atoms with E-state index in [9.17, 15) is 0 Å². The van der Waals surface area contributed by atoms with Crippen molar-refractivity contribution in [2.75, 3.05) is 12.9 Å². The average Bonchev–Trinajstić information content (AvgIpc) is 2.95. The summed E-state index contributed by atoms with van der Waals surface area (Å²) in [6.07, 6.45) is 8.68. The van der Waals surface area contributed by atoms with Gasteiger partial charge < -0.3 is 10.1 Å². The topological polar surface area (TPSA) is 21.3 Å². The summed E-state index contributed by atoms with van der Waals surface area (Å²) in [6.45, 7) is 3.14. The van der Waals surface area contributed by atoms with E-state index < -0.39 is 0 Å². The van der Waals surface area contributed by atoms with Crippen molar-refractivity contribution in [2.45, 2.75) is 56.4 Å². The van der Waals surface area contributed by atoms with E-state index in [1.165, 1.54) is 36.8 Å². The van der Waals surface area contributed by atoms with Crippen LogP contribution in [-0.4, -0.2) is 24.2 Å². The number of rotatable bonds is 4. The summed E-state index contributed by atoms with van der Waals surface area (Å²) in [5, 5.41) is 4.71. The zero-order valence-electron chi connectivity index (χ0n) is 12.5. The third-order valence-electron chi connectivity index (χ3n) is 4.71. The molecule has 20 heavy (non-hydrogen) atoms. The van der Waals surface area contributed by atoms with Gasteiger partial charge in [-0.1, -0.05) is 12.1 Å². The molecule has 1 atom stereocenters. The average molecular weight is 291 g/mol. The molecule has 0 saturated heterocycles. The van der Waals surface area contributed by atoms with Crippen molar-refractivity contribution >= 4 is 11.8 Å². The monoisotopic (exact) mass is 291 g/mol. The Labute approximate surface area is 126 Å². The van der Waals surface area contributed by atoms with Crippen LogP contribution in [0, 0.1) is 0 Å². The molecule has 1 aliphatic heterocycles. The zero-order valence-corrected chi connectivity index (χ0v) is 13.3.